The zero-order valence-corrected chi connectivity index (χ0v) is 12.1. The maximum atomic E-state index is 11.9. The van der Waals surface area contributed by atoms with E-state index in [0.29, 0.717) is 12.1 Å². The van der Waals surface area contributed by atoms with Crippen molar-refractivity contribution in [2.24, 2.45) is 5.73 Å². The first kappa shape index (κ1) is 16.4. The lowest BCUT2D eigenvalue weighted by atomic mass is 10.1. The Morgan fingerprint density at radius 2 is 1.90 bits per heavy atom. The molecule has 0 heterocycles. The fraction of sp³-hybridized carbons (Fsp3) is 0.500. The minimum atomic E-state index is -0.0964. The average molecular weight is 276 g/mol. The van der Waals surface area contributed by atoms with Gasteiger partial charge in [0.1, 0.15) is 0 Å². The number of unbranched alkanes of at least 4 members (excludes halogenated alkanes) is 1. The molecule has 0 spiro atoms. The fourth-order valence-corrected chi connectivity index (χ4v) is 1.99. The van der Waals surface area contributed by atoms with Gasteiger partial charge >= 0.3 is 0 Å². The molecule has 1 rings (SSSR count). The average Bonchev–Trinajstić information content (AvgIpc) is 2.49. The molecule has 110 valence electrons. The molecule has 4 nitrogen and oxygen atoms in total. The van der Waals surface area contributed by atoms with E-state index in [-0.39, 0.29) is 30.6 Å². The van der Waals surface area contributed by atoms with Crippen LogP contribution < -0.4 is 11.1 Å². The molecule has 0 aromatic heterocycles. The molecule has 0 bridgehead atoms. The van der Waals surface area contributed by atoms with Gasteiger partial charge in [-0.05, 0) is 6.42 Å². The van der Waals surface area contributed by atoms with Crippen molar-refractivity contribution in [1.82, 2.24) is 5.32 Å². The first-order valence-electron chi connectivity index (χ1n) is 7.25. The summed E-state index contributed by atoms with van der Waals surface area (Å²) in [6.45, 7) is 2.55. The van der Waals surface area contributed by atoms with Crippen LogP contribution in [0.5, 0.6) is 0 Å². The highest BCUT2D eigenvalue weighted by atomic mass is 16.2. The van der Waals surface area contributed by atoms with Crippen molar-refractivity contribution < 1.29 is 9.59 Å². The molecule has 0 saturated carbocycles. The summed E-state index contributed by atoms with van der Waals surface area (Å²) in [5.74, 6) is -0.0977. The first-order chi connectivity index (χ1) is 9.67. The zero-order valence-electron chi connectivity index (χ0n) is 12.1. The lowest BCUT2D eigenvalue weighted by Gasteiger charge is -2.16. The largest absolute Gasteiger partial charge is 0.352 e. The Balaban J connectivity index is 2.34. The fourth-order valence-electron chi connectivity index (χ4n) is 1.99. The number of rotatable bonds is 9. The molecule has 0 aliphatic rings. The maximum absolute atomic E-state index is 11.9. The molecule has 1 atom stereocenters. The minimum Gasteiger partial charge on any atom is -0.352 e. The van der Waals surface area contributed by atoms with Crippen molar-refractivity contribution in [1.29, 1.82) is 0 Å². The molecule has 1 aromatic rings. The Hall–Kier alpha value is -1.68. The summed E-state index contributed by atoms with van der Waals surface area (Å²) < 4.78 is 0. The molecule has 1 amide bonds. The van der Waals surface area contributed by atoms with Crippen molar-refractivity contribution in [2.75, 3.05) is 6.54 Å². The lowest BCUT2D eigenvalue weighted by Crippen LogP contribution is -2.40. The van der Waals surface area contributed by atoms with Crippen LogP contribution in [0, 0.1) is 0 Å². The second-order valence-corrected chi connectivity index (χ2v) is 4.93. The van der Waals surface area contributed by atoms with Crippen molar-refractivity contribution in [2.45, 2.75) is 45.1 Å². The predicted octanol–water partition coefficient (Wildman–Crippen LogP) is 2.28. The molecule has 20 heavy (non-hydrogen) atoms. The number of carbonyl (C=O) groups is 2. The van der Waals surface area contributed by atoms with Gasteiger partial charge in [-0.15, -0.1) is 0 Å². The van der Waals surface area contributed by atoms with E-state index in [0.717, 1.165) is 19.3 Å². The molecule has 0 fully saturated rings. The van der Waals surface area contributed by atoms with Gasteiger partial charge in [-0.3, -0.25) is 9.59 Å². The van der Waals surface area contributed by atoms with E-state index in [4.69, 9.17) is 5.73 Å². The first-order valence-corrected chi connectivity index (χ1v) is 7.25. The van der Waals surface area contributed by atoms with Crippen LogP contribution in [0.3, 0.4) is 0 Å². The van der Waals surface area contributed by atoms with Crippen LogP contribution in [0.1, 0.15) is 49.4 Å². The number of nitrogens with two attached hydrogens (primary N) is 1. The third-order valence-electron chi connectivity index (χ3n) is 3.23. The van der Waals surface area contributed by atoms with E-state index in [1.165, 1.54) is 0 Å². The van der Waals surface area contributed by atoms with Crippen LogP contribution in [-0.4, -0.2) is 24.3 Å². The normalized spacial score (nSPS) is 11.9. The minimum absolute atomic E-state index is 0.00129. The van der Waals surface area contributed by atoms with E-state index < -0.39 is 0 Å². The van der Waals surface area contributed by atoms with E-state index >= 15 is 0 Å². The van der Waals surface area contributed by atoms with Gasteiger partial charge in [0.2, 0.25) is 5.91 Å². The Labute approximate surface area is 120 Å². The second kappa shape index (κ2) is 9.26. The smallest absolute Gasteiger partial charge is 0.220 e. The number of Topliss-reactive ketones (excluding diaryl/α,β-unsaturated/α-hetero) is 1. The third-order valence-corrected chi connectivity index (χ3v) is 3.23. The van der Waals surface area contributed by atoms with Crippen LogP contribution in [0.4, 0.5) is 0 Å². The van der Waals surface area contributed by atoms with E-state index in [1.54, 1.807) is 12.1 Å². The van der Waals surface area contributed by atoms with Gasteiger partial charge in [-0.1, -0.05) is 50.1 Å². The molecule has 3 N–H and O–H groups in total. The highest BCUT2D eigenvalue weighted by molar-refractivity contribution is 5.97. The number of hydrogen-bond acceptors (Lipinski definition) is 3. The quantitative estimate of drug-likeness (QED) is 0.680. The molecule has 0 radical (unpaired) electrons. The zero-order chi connectivity index (χ0) is 14.8. The van der Waals surface area contributed by atoms with Crippen LogP contribution in [0.25, 0.3) is 0 Å². The number of ketones is 1. The Morgan fingerprint density at radius 1 is 1.20 bits per heavy atom. The van der Waals surface area contributed by atoms with Crippen molar-refractivity contribution >= 4 is 11.7 Å². The van der Waals surface area contributed by atoms with Crippen molar-refractivity contribution in [3.8, 4) is 0 Å². The van der Waals surface area contributed by atoms with Gasteiger partial charge < -0.3 is 11.1 Å². The topological polar surface area (TPSA) is 72.2 Å². The molecule has 1 aromatic carbocycles. The van der Waals surface area contributed by atoms with Gasteiger partial charge in [-0.25, -0.2) is 0 Å². The van der Waals surface area contributed by atoms with Crippen LogP contribution in [0.2, 0.25) is 0 Å². The Bertz CT molecular complexity index is 418. The van der Waals surface area contributed by atoms with E-state index in [9.17, 15) is 9.59 Å². The van der Waals surface area contributed by atoms with E-state index in [2.05, 4.69) is 12.2 Å². The van der Waals surface area contributed by atoms with Gasteiger partial charge in [0.15, 0.2) is 5.78 Å². The highest BCUT2D eigenvalue weighted by Gasteiger charge is 2.12. The summed E-state index contributed by atoms with van der Waals surface area (Å²) in [6.07, 6.45) is 3.48. The number of amides is 1. The number of nitrogens with one attached hydrogen (secondary N) is 1. The Kier molecular flexibility index (Phi) is 7.58. The van der Waals surface area contributed by atoms with Crippen molar-refractivity contribution in [3.05, 3.63) is 35.9 Å². The SMILES string of the molecule is CCCCC(CN)NC(=O)CCC(=O)c1ccccc1. The molecule has 0 saturated heterocycles. The second-order valence-electron chi connectivity index (χ2n) is 4.93. The van der Waals surface area contributed by atoms with Gasteiger partial charge in [-0.2, -0.15) is 0 Å². The Morgan fingerprint density at radius 3 is 2.50 bits per heavy atom. The molecule has 4 heteroatoms. The summed E-state index contributed by atoms with van der Waals surface area (Å²) in [5.41, 5.74) is 6.28. The highest BCUT2D eigenvalue weighted by Crippen LogP contribution is 2.06. The summed E-state index contributed by atoms with van der Waals surface area (Å²) in [5, 5.41) is 2.89. The molecule has 1 unspecified atom stereocenters. The summed E-state index contributed by atoms with van der Waals surface area (Å²) >= 11 is 0. The van der Waals surface area contributed by atoms with Gasteiger partial charge in [0.25, 0.3) is 0 Å². The number of carbonyl (C=O) groups excluding carboxylic acids is 2. The summed E-state index contributed by atoms with van der Waals surface area (Å²) in [7, 11) is 0. The van der Waals surface area contributed by atoms with Crippen LogP contribution in [-0.2, 0) is 4.79 Å². The molecule has 0 aliphatic heterocycles. The van der Waals surface area contributed by atoms with Gasteiger partial charge in [0.05, 0.1) is 0 Å². The standard InChI is InChI=1S/C16H24N2O2/c1-2-3-9-14(12-17)18-16(20)11-10-15(19)13-7-5-4-6-8-13/h4-8,14H,2-3,9-12,17H2,1H3,(H,18,20). The summed E-state index contributed by atoms with van der Waals surface area (Å²) in [6, 6.07) is 9.07. The number of hydrogen-bond donors (Lipinski definition) is 2. The summed E-state index contributed by atoms with van der Waals surface area (Å²) in [4.78, 5) is 23.7. The lowest BCUT2D eigenvalue weighted by molar-refractivity contribution is -0.121. The van der Waals surface area contributed by atoms with Crippen LogP contribution in [0.15, 0.2) is 30.3 Å². The molecular formula is C16H24N2O2. The van der Waals surface area contributed by atoms with Gasteiger partial charge in [0, 0.05) is 31.0 Å². The predicted molar refractivity (Wildman–Crippen MR) is 80.5 cm³/mol. The maximum Gasteiger partial charge on any atom is 0.220 e. The van der Waals surface area contributed by atoms with Crippen molar-refractivity contribution in [3.63, 3.8) is 0 Å². The molecule has 0 aliphatic carbocycles. The molecular weight excluding hydrogens is 252 g/mol. The van der Waals surface area contributed by atoms with Crippen LogP contribution >= 0.6 is 0 Å². The third kappa shape index (κ3) is 5.97. The van der Waals surface area contributed by atoms with E-state index in [1.807, 2.05) is 18.2 Å². The number of benzene rings is 1. The monoisotopic (exact) mass is 276 g/mol.